The largest absolute Gasteiger partial charge is 0.461 e. The van der Waals surface area contributed by atoms with Gasteiger partial charge in [0.05, 0.1) is 12.3 Å². The van der Waals surface area contributed by atoms with Gasteiger partial charge in [-0.05, 0) is 24.3 Å². The summed E-state index contributed by atoms with van der Waals surface area (Å²) in [4.78, 5) is 24.0. The topological polar surface area (TPSA) is 55.4 Å². The smallest absolute Gasteiger partial charge is 0.306 e. The first-order chi connectivity index (χ1) is 10.2. The molecule has 4 nitrogen and oxygen atoms in total. The van der Waals surface area contributed by atoms with Crippen LogP contribution in [0.5, 0.6) is 0 Å². The Hall–Kier alpha value is -1.84. The van der Waals surface area contributed by atoms with Crippen molar-refractivity contribution in [1.82, 2.24) is 5.32 Å². The van der Waals surface area contributed by atoms with Crippen molar-refractivity contribution in [3.05, 3.63) is 35.9 Å². The average molecular weight is 287 g/mol. The average Bonchev–Trinajstić information content (AvgIpc) is 2.82. The summed E-state index contributed by atoms with van der Waals surface area (Å²) in [6.07, 6.45) is 4.63. The van der Waals surface area contributed by atoms with Crippen molar-refractivity contribution in [2.45, 2.75) is 44.8 Å². The summed E-state index contributed by atoms with van der Waals surface area (Å²) in [5.74, 6) is -0.122. The SMILES string of the molecule is O=C(CC1C(=O)NC2CCCCC21)OCc1ccccc1. The van der Waals surface area contributed by atoms with Crippen molar-refractivity contribution < 1.29 is 14.3 Å². The fourth-order valence-electron chi connectivity index (χ4n) is 3.53. The molecule has 1 aliphatic heterocycles. The van der Waals surface area contributed by atoms with E-state index in [-0.39, 0.29) is 36.9 Å². The van der Waals surface area contributed by atoms with E-state index in [2.05, 4.69) is 5.32 Å². The van der Waals surface area contributed by atoms with Crippen LogP contribution in [0, 0.1) is 11.8 Å². The predicted octanol–water partition coefficient (Wildman–Crippen LogP) is 2.42. The second kappa shape index (κ2) is 6.29. The predicted molar refractivity (Wildman–Crippen MR) is 78.2 cm³/mol. The number of nitrogens with one attached hydrogen (secondary N) is 1. The van der Waals surface area contributed by atoms with Gasteiger partial charge in [-0.2, -0.15) is 0 Å². The highest BCUT2D eigenvalue weighted by molar-refractivity contribution is 5.86. The summed E-state index contributed by atoms with van der Waals surface area (Å²) in [6, 6.07) is 9.88. The number of amides is 1. The van der Waals surface area contributed by atoms with Gasteiger partial charge < -0.3 is 10.1 Å². The molecule has 4 heteroatoms. The summed E-state index contributed by atoms with van der Waals surface area (Å²) in [7, 11) is 0. The van der Waals surface area contributed by atoms with Crippen LogP contribution in [0.4, 0.5) is 0 Å². The van der Waals surface area contributed by atoms with E-state index in [4.69, 9.17) is 4.74 Å². The van der Waals surface area contributed by atoms with Crippen LogP contribution in [-0.2, 0) is 20.9 Å². The van der Waals surface area contributed by atoms with Crippen molar-refractivity contribution in [2.75, 3.05) is 0 Å². The van der Waals surface area contributed by atoms with Gasteiger partial charge >= 0.3 is 5.97 Å². The third kappa shape index (κ3) is 3.26. The second-order valence-electron chi connectivity index (χ2n) is 6.02. The van der Waals surface area contributed by atoms with Gasteiger partial charge in [-0.3, -0.25) is 9.59 Å². The molecule has 2 aliphatic rings. The summed E-state index contributed by atoms with van der Waals surface area (Å²) in [5.41, 5.74) is 0.970. The number of hydrogen-bond acceptors (Lipinski definition) is 3. The monoisotopic (exact) mass is 287 g/mol. The molecular weight excluding hydrogens is 266 g/mol. The van der Waals surface area contributed by atoms with Crippen LogP contribution in [0.3, 0.4) is 0 Å². The molecule has 3 atom stereocenters. The lowest BCUT2D eigenvalue weighted by atomic mass is 9.78. The number of rotatable bonds is 4. The van der Waals surface area contributed by atoms with Gasteiger partial charge in [0.15, 0.2) is 0 Å². The maximum absolute atomic E-state index is 12.0. The van der Waals surface area contributed by atoms with E-state index in [9.17, 15) is 9.59 Å². The Kier molecular flexibility index (Phi) is 4.23. The fraction of sp³-hybridized carbons (Fsp3) is 0.529. The van der Waals surface area contributed by atoms with E-state index in [1.807, 2.05) is 30.3 Å². The Bertz CT molecular complexity index is 514. The quantitative estimate of drug-likeness (QED) is 0.865. The van der Waals surface area contributed by atoms with E-state index in [0.717, 1.165) is 24.8 Å². The Labute approximate surface area is 124 Å². The molecule has 1 heterocycles. The normalized spacial score (nSPS) is 27.8. The lowest BCUT2D eigenvalue weighted by molar-refractivity contribution is -0.148. The number of carbonyl (C=O) groups excluding carboxylic acids is 2. The van der Waals surface area contributed by atoms with Crippen molar-refractivity contribution in [1.29, 1.82) is 0 Å². The Morgan fingerprint density at radius 3 is 2.76 bits per heavy atom. The first-order valence-electron chi connectivity index (χ1n) is 7.74. The number of fused-ring (bicyclic) bond motifs is 1. The molecule has 0 bridgehead atoms. The first kappa shape index (κ1) is 14.1. The van der Waals surface area contributed by atoms with Crippen LogP contribution in [0.2, 0.25) is 0 Å². The molecule has 21 heavy (non-hydrogen) atoms. The lowest BCUT2D eigenvalue weighted by Gasteiger charge is -2.26. The van der Waals surface area contributed by atoms with Crippen molar-refractivity contribution in [3.8, 4) is 0 Å². The van der Waals surface area contributed by atoms with E-state index >= 15 is 0 Å². The van der Waals surface area contributed by atoms with Gasteiger partial charge in [-0.15, -0.1) is 0 Å². The van der Waals surface area contributed by atoms with Crippen LogP contribution in [-0.4, -0.2) is 17.9 Å². The van der Waals surface area contributed by atoms with E-state index in [1.165, 1.54) is 6.42 Å². The number of ether oxygens (including phenoxy) is 1. The minimum atomic E-state index is -0.273. The van der Waals surface area contributed by atoms with Crippen molar-refractivity contribution in [2.24, 2.45) is 11.8 Å². The second-order valence-corrected chi connectivity index (χ2v) is 6.02. The van der Waals surface area contributed by atoms with Crippen molar-refractivity contribution >= 4 is 11.9 Å². The maximum atomic E-state index is 12.0. The number of benzene rings is 1. The summed E-state index contributed by atoms with van der Waals surface area (Å²) < 4.78 is 5.30. The number of carbonyl (C=O) groups is 2. The molecule has 112 valence electrons. The van der Waals surface area contributed by atoms with Crippen LogP contribution in [0.25, 0.3) is 0 Å². The molecule has 1 aromatic rings. The van der Waals surface area contributed by atoms with Gasteiger partial charge in [0.1, 0.15) is 6.61 Å². The molecule has 1 amide bonds. The van der Waals surface area contributed by atoms with Crippen LogP contribution in [0.15, 0.2) is 30.3 Å². The van der Waals surface area contributed by atoms with Crippen LogP contribution in [0.1, 0.15) is 37.7 Å². The molecule has 0 aromatic heterocycles. The Morgan fingerprint density at radius 1 is 1.19 bits per heavy atom. The summed E-state index contributed by atoms with van der Waals surface area (Å²) in [6.45, 7) is 0.280. The molecule has 2 fully saturated rings. The Morgan fingerprint density at radius 2 is 1.95 bits per heavy atom. The number of hydrogen-bond donors (Lipinski definition) is 1. The van der Waals surface area contributed by atoms with Gasteiger partial charge in [0.25, 0.3) is 0 Å². The molecule has 0 spiro atoms. The van der Waals surface area contributed by atoms with E-state index in [1.54, 1.807) is 0 Å². The molecule has 1 saturated carbocycles. The summed E-state index contributed by atoms with van der Waals surface area (Å²) >= 11 is 0. The zero-order chi connectivity index (χ0) is 14.7. The molecule has 3 rings (SSSR count). The fourth-order valence-corrected chi connectivity index (χ4v) is 3.53. The zero-order valence-corrected chi connectivity index (χ0v) is 12.1. The van der Waals surface area contributed by atoms with Gasteiger partial charge in [-0.1, -0.05) is 43.2 Å². The van der Waals surface area contributed by atoms with Crippen LogP contribution < -0.4 is 5.32 Å². The molecule has 1 N–H and O–H groups in total. The summed E-state index contributed by atoms with van der Waals surface area (Å²) in [5, 5.41) is 3.04. The highest BCUT2D eigenvalue weighted by Gasteiger charge is 2.43. The highest BCUT2D eigenvalue weighted by atomic mass is 16.5. The number of esters is 1. The minimum absolute atomic E-state index is 0.0311. The zero-order valence-electron chi connectivity index (χ0n) is 12.1. The highest BCUT2D eigenvalue weighted by Crippen LogP contribution is 2.37. The third-order valence-electron chi connectivity index (χ3n) is 4.63. The van der Waals surface area contributed by atoms with Crippen LogP contribution >= 0.6 is 0 Å². The molecule has 1 saturated heterocycles. The van der Waals surface area contributed by atoms with Gasteiger partial charge in [0, 0.05) is 6.04 Å². The van der Waals surface area contributed by atoms with Crippen molar-refractivity contribution in [3.63, 3.8) is 0 Å². The van der Waals surface area contributed by atoms with E-state index in [0.29, 0.717) is 5.92 Å². The third-order valence-corrected chi connectivity index (χ3v) is 4.63. The first-order valence-corrected chi connectivity index (χ1v) is 7.74. The van der Waals surface area contributed by atoms with E-state index < -0.39 is 0 Å². The van der Waals surface area contributed by atoms with Gasteiger partial charge in [-0.25, -0.2) is 0 Å². The minimum Gasteiger partial charge on any atom is -0.461 e. The lowest BCUT2D eigenvalue weighted by Crippen LogP contribution is -2.31. The van der Waals surface area contributed by atoms with Gasteiger partial charge in [0.2, 0.25) is 5.91 Å². The maximum Gasteiger partial charge on any atom is 0.306 e. The molecular formula is C17H21NO3. The molecule has 1 aromatic carbocycles. The molecule has 1 aliphatic carbocycles. The molecule has 0 radical (unpaired) electrons. The standard InChI is InChI=1S/C17H21NO3/c19-16(21-11-12-6-2-1-3-7-12)10-14-13-8-4-5-9-15(13)18-17(14)20/h1-3,6-7,13-15H,4-5,8-11H2,(H,18,20). The Balaban J connectivity index is 1.53. The molecule has 3 unspecified atom stereocenters.